The topological polar surface area (TPSA) is 73.2 Å². The van der Waals surface area contributed by atoms with E-state index < -0.39 is 9.84 Å². The summed E-state index contributed by atoms with van der Waals surface area (Å²) in [6, 6.07) is 0.315. The lowest BCUT2D eigenvalue weighted by molar-refractivity contribution is 0.314. The van der Waals surface area contributed by atoms with Gasteiger partial charge in [0.15, 0.2) is 5.75 Å². The first-order valence-electron chi connectivity index (χ1n) is 5.94. The maximum Gasteiger partial charge on any atom is 0.157 e. The van der Waals surface area contributed by atoms with Gasteiger partial charge in [-0.2, -0.15) is 5.10 Å². The van der Waals surface area contributed by atoms with Crippen molar-refractivity contribution in [3.05, 3.63) is 12.4 Å². The molecule has 0 aliphatic rings. The molecule has 0 radical (unpaired) electrons. The van der Waals surface area contributed by atoms with Crippen molar-refractivity contribution in [2.75, 3.05) is 31.7 Å². The minimum absolute atomic E-state index is 0.151. The van der Waals surface area contributed by atoms with Crippen LogP contribution in [0.2, 0.25) is 0 Å². The molecule has 0 aliphatic heterocycles. The standard InChI is InChI=1S/C11H21N3O3S/c1-10(2)14-9-11(8-13-14)17-6-4-12-5-7-18(3,15)16/h8-10,12H,4-7H2,1-3H3. The molecule has 0 spiro atoms. The highest BCUT2D eigenvalue weighted by Crippen LogP contribution is 2.11. The Morgan fingerprint density at radius 1 is 1.44 bits per heavy atom. The number of nitrogens with zero attached hydrogens (tertiary/aromatic N) is 2. The summed E-state index contributed by atoms with van der Waals surface area (Å²) in [7, 11) is -2.89. The summed E-state index contributed by atoms with van der Waals surface area (Å²) in [6.45, 7) is 5.65. The Labute approximate surface area is 108 Å². The third-order valence-corrected chi connectivity index (χ3v) is 3.25. The van der Waals surface area contributed by atoms with Crippen molar-refractivity contribution in [1.82, 2.24) is 15.1 Å². The van der Waals surface area contributed by atoms with Crippen LogP contribution in [0.1, 0.15) is 19.9 Å². The van der Waals surface area contributed by atoms with E-state index in [1.54, 1.807) is 6.20 Å². The molecule has 0 saturated heterocycles. The van der Waals surface area contributed by atoms with Gasteiger partial charge in [0.2, 0.25) is 0 Å². The number of hydrogen-bond acceptors (Lipinski definition) is 5. The van der Waals surface area contributed by atoms with E-state index in [0.29, 0.717) is 25.7 Å². The van der Waals surface area contributed by atoms with Crippen molar-refractivity contribution in [2.45, 2.75) is 19.9 Å². The van der Waals surface area contributed by atoms with Crippen LogP contribution >= 0.6 is 0 Å². The van der Waals surface area contributed by atoms with E-state index in [2.05, 4.69) is 10.4 Å². The first-order chi connectivity index (χ1) is 8.38. The van der Waals surface area contributed by atoms with Gasteiger partial charge in [0, 0.05) is 25.4 Å². The smallest absolute Gasteiger partial charge is 0.157 e. The quantitative estimate of drug-likeness (QED) is 0.698. The van der Waals surface area contributed by atoms with Gasteiger partial charge in [-0.25, -0.2) is 8.42 Å². The van der Waals surface area contributed by atoms with Gasteiger partial charge in [-0.1, -0.05) is 0 Å². The van der Waals surface area contributed by atoms with E-state index in [4.69, 9.17) is 4.74 Å². The van der Waals surface area contributed by atoms with Crippen LogP contribution in [0.15, 0.2) is 12.4 Å². The SMILES string of the molecule is CC(C)n1cc(OCCNCCS(C)(=O)=O)cn1. The van der Waals surface area contributed by atoms with Gasteiger partial charge in [-0.3, -0.25) is 4.68 Å². The number of nitrogens with one attached hydrogen (secondary N) is 1. The Kier molecular flexibility index (Phi) is 5.61. The van der Waals surface area contributed by atoms with Gasteiger partial charge in [0.1, 0.15) is 16.4 Å². The van der Waals surface area contributed by atoms with E-state index in [9.17, 15) is 8.42 Å². The van der Waals surface area contributed by atoms with Crippen LogP contribution in [-0.2, 0) is 9.84 Å². The van der Waals surface area contributed by atoms with Crippen molar-refractivity contribution >= 4 is 9.84 Å². The lowest BCUT2D eigenvalue weighted by Crippen LogP contribution is -2.26. The van der Waals surface area contributed by atoms with Crippen LogP contribution in [0, 0.1) is 0 Å². The molecule has 0 amide bonds. The first-order valence-corrected chi connectivity index (χ1v) is 8.00. The van der Waals surface area contributed by atoms with E-state index in [0.717, 1.165) is 5.75 Å². The molecule has 6 nitrogen and oxygen atoms in total. The highest BCUT2D eigenvalue weighted by molar-refractivity contribution is 7.90. The fourth-order valence-corrected chi connectivity index (χ4v) is 1.82. The van der Waals surface area contributed by atoms with Crippen LogP contribution in [0.3, 0.4) is 0 Å². The highest BCUT2D eigenvalue weighted by Gasteiger charge is 2.03. The van der Waals surface area contributed by atoms with Crippen molar-refractivity contribution in [1.29, 1.82) is 0 Å². The molecule has 18 heavy (non-hydrogen) atoms. The molecule has 1 heterocycles. The minimum Gasteiger partial charge on any atom is -0.489 e. The second-order valence-electron chi connectivity index (χ2n) is 4.48. The van der Waals surface area contributed by atoms with Gasteiger partial charge < -0.3 is 10.1 Å². The summed E-state index contributed by atoms with van der Waals surface area (Å²) in [6.07, 6.45) is 4.75. The zero-order valence-electron chi connectivity index (χ0n) is 11.1. The molecule has 0 aliphatic carbocycles. The lowest BCUT2D eigenvalue weighted by Gasteiger charge is -2.05. The summed E-state index contributed by atoms with van der Waals surface area (Å²) < 4.78 is 29.0. The third-order valence-electron chi connectivity index (χ3n) is 2.30. The highest BCUT2D eigenvalue weighted by atomic mass is 32.2. The lowest BCUT2D eigenvalue weighted by atomic mass is 10.4. The maximum atomic E-state index is 10.9. The molecule has 0 saturated carbocycles. The van der Waals surface area contributed by atoms with Crippen LogP contribution in [0.5, 0.6) is 5.75 Å². The van der Waals surface area contributed by atoms with Gasteiger partial charge in [-0.05, 0) is 13.8 Å². The second kappa shape index (κ2) is 6.75. The fourth-order valence-electron chi connectivity index (χ4n) is 1.30. The molecule has 1 aromatic heterocycles. The Morgan fingerprint density at radius 2 is 2.17 bits per heavy atom. The molecule has 1 aromatic rings. The van der Waals surface area contributed by atoms with Crippen molar-refractivity contribution in [3.8, 4) is 5.75 Å². The summed E-state index contributed by atoms with van der Waals surface area (Å²) in [5.74, 6) is 0.881. The maximum absolute atomic E-state index is 10.9. The first kappa shape index (κ1) is 15.0. The van der Waals surface area contributed by atoms with Crippen LogP contribution < -0.4 is 10.1 Å². The fraction of sp³-hybridized carbons (Fsp3) is 0.727. The molecule has 1 rings (SSSR count). The Morgan fingerprint density at radius 3 is 2.72 bits per heavy atom. The molecule has 0 aromatic carbocycles. The molecule has 104 valence electrons. The zero-order chi connectivity index (χ0) is 13.6. The van der Waals surface area contributed by atoms with E-state index >= 15 is 0 Å². The summed E-state index contributed by atoms with van der Waals surface area (Å²) in [5.41, 5.74) is 0. The number of aromatic nitrogens is 2. The Balaban J connectivity index is 2.14. The number of rotatable bonds is 8. The zero-order valence-corrected chi connectivity index (χ0v) is 11.9. The normalized spacial score (nSPS) is 12.0. The van der Waals surface area contributed by atoms with E-state index in [1.165, 1.54) is 6.26 Å². The molecular weight excluding hydrogens is 254 g/mol. The number of hydrogen-bond donors (Lipinski definition) is 1. The predicted octanol–water partition coefficient (Wildman–Crippen LogP) is 0.477. The average molecular weight is 275 g/mol. The largest absolute Gasteiger partial charge is 0.489 e. The van der Waals surface area contributed by atoms with Gasteiger partial charge in [0.25, 0.3) is 0 Å². The summed E-state index contributed by atoms with van der Waals surface area (Å²) in [4.78, 5) is 0. The minimum atomic E-state index is -2.89. The van der Waals surface area contributed by atoms with Crippen LogP contribution in [0.25, 0.3) is 0 Å². The van der Waals surface area contributed by atoms with Gasteiger partial charge >= 0.3 is 0 Å². The van der Waals surface area contributed by atoms with E-state index in [-0.39, 0.29) is 5.75 Å². The molecule has 0 fully saturated rings. The predicted molar refractivity (Wildman–Crippen MR) is 70.7 cm³/mol. The average Bonchev–Trinajstić information content (AvgIpc) is 2.70. The molecule has 1 N–H and O–H groups in total. The molecule has 7 heteroatoms. The Bertz CT molecular complexity index is 454. The van der Waals surface area contributed by atoms with Crippen molar-refractivity contribution < 1.29 is 13.2 Å². The van der Waals surface area contributed by atoms with Gasteiger partial charge in [-0.15, -0.1) is 0 Å². The number of sulfone groups is 1. The van der Waals surface area contributed by atoms with Crippen molar-refractivity contribution in [3.63, 3.8) is 0 Å². The number of ether oxygens (including phenoxy) is 1. The molecule has 0 atom stereocenters. The third kappa shape index (κ3) is 6.02. The van der Waals surface area contributed by atoms with Crippen LogP contribution in [-0.4, -0.2) is 49.9 Å². The summed E-state index contributed by atoms with van der Waals surface area (Å²) in [5, 5.41) is 7.17. The second-order valence-corrected chi connectivity index (χ2v) is 6.74. The van der Waals surface area contributed by atoms with Gasteiger partial charge in [0.05, 0.1) is 18.1 Å². The molecular formula is C11H21N3O3S. The van der Waals surface area contributed by atoms with Crippen molar-refractivity contribution in [2.24, 2.45) is 0 Å². The monoisotopic (exact) mass is 275 g/mol. The molecule has 0 bridgehead atoms. The van der Waals surface area contributed by atoms with Crippen LogP contribution in [0.4, 0.5) is 0 Å². The molecule has 0 unspecified atom stereocenters. The summed E-state index contributed by atoms with van der Waals surface area (Å²) >= 11 is 0. The van der Waals surface area contributed by atoms with E-state index in [1.807, 2.05) is 24.7 Å². The Hall–Kier alpha value is -1.08.